The molecule has 0 saturated heterocycles. The Bertz CT molecular complexity index is 436. The average molecular weight is 819 g/mol. The Morgan fingerprint density at radius 3 is 0.946 bits per heavy atom. The number of rotatable bonds is 28. The van der Waals surface area contributed by atoms with Crippen LogP contribution < -0.4 is 0 Å². The Kier molecular flexibility index (Phi) is 27.5. The largest absolute Gasteiger partial charge is 0.453 e. The van der Waals surface area contributed by atoms with E-state index in [1.807, 2.05) is 0 Å². The molecular weight excluding hydrogens is 760 g/mol. The van der Waals surface area contributed by atoms with Gasteiger partial charge in [0.2, 0.25) is 0 Å². The molecule has 0 aromatic carbocycles. The number of halogens is 4. The number of ether oxygens (including phenoxy) is 2. The van der Waals surface area contributed by atoms with Crippen molar-refractivity contribution in [3.63, 3.8) is 0 Å². The quantitative estimate of drug-likeness (QED) is 0.0447. The lowest BCUT2D eigenvalue weighted by molar-refractivity contribution is 0.0546. The first kappa shape index (κ1) is 39.2. The van der Waals surface area contributed by atoms with Crippen molar-refractivity contribution < 1.29 is 13.6 Å². The minimum absolute atomic E-state index is 0.380. The molecule has 0 aliphatic carbocycles. The highest BCUT2D eigenvalue weighted by Crippen LogP contribution is 2.22. The molecule has 0 saturated carbocycles. The van der Waals surface area contributed by atoms with E-state index in [0.717, 1.165) is 33.8 Å². The molecule has 0 heterocycles. The van der Waals surface area contributed by atoms with Gasteiger partial charge in [0.1, 0.15) is 0 Å². The van der Waals surface area contributed by atoms with E-state index >= 15 is 0 Å². The lowest BCUT2D eigenvalue weighted by Gasteiger charge is -2.35. The van der Waals surface area contributed by atoms with Crippen molar-refractivity contribution in [1.82, 2.24) is 0 Å². The van der Waals surface area contributed by atoms with Crippen LogP contribution in [0.1, 0.15) is 103 Å². The molecule has 0 aromatic rings. The highest BCUT2D eigenvalue weighted by molar-refractivity contribution is 9.09. The second-order valence-electron chi connectivity index (χ2n) is 11.6. The molecule has 0 amide bonds. The summed E-state index contributed by atoms with van der Waals surface area (Å²) < 4.78 is 20.1. The molecular formula is C28H58Br4O3Si2. The summed E-state index contributed by atoms with van der Waals surface area (Å²) in [5, 5.41) is 4.42. The summed E-state index contributed by atoms with van der Waals surface area (Å²) in [6.07, 6.45) is 22.3. The smallest absolute Gasteiger partial charge is 0.199 e. The molecule has 0 rings (SSSR count). The lowest BCUT2D eigenvalue weighted by atomic mass is 10.0. The monoisotopic (exact) mass is 814 g/mol. The Morgan fingerprint density at radius 2 is 0.703 bits per heavy atom. The van der Waals surface area contributed by atoms with E-state index in [0.29, 0.717) is 12.2 Å². The van der Waals surface area contributed by atoms with Gasteiger partial charge in [0, 0.05) is 21.3 Å². The van der Waals surface area contributed by atoms with E-state index < -0.39 is 16.6 Å². The van der Waals surface area contributed by atoms with Crippen molar-refractivity contribution in [3.8, 4) is 0 Å². The van der Waals surface area contributed by atoms with Gasteiger partial charge in [-0.2, -0.15) is 0 Å². The Labute approximate surface area is 266 Å². The van der Waals surface area contributed by atoms with E-state index in [-0.39, 0.29) is 0 Å². The van der Waals surface area contributed by atoms with Crippen LogP contribution in [0.25, 0.3) is 0 Å². The predicted octanol–water partition coefficient (Wildman–Crippen LogP) is 11.1. The van der Waals surface area contributed by atoms with Crippen molar-refractivity contribution in [1.29, 1.82) is 0 Å². The summed E-state index contributed by atoms with van der Waals surface area (Å²) in [5.74, 6) is 0. The molecule has 0 atom stereocenters. The van der Waals surface area contributed by atoms with Crippen LogP contribution in [0.3, 0.4) is 0 Å². The lowest BCUT2D eigenvalue weighted by Crippen LogP contribution is -2.51. The maximum absolute atomic E-state index is 6.90. The topological polar surface area (TPSA) is 27.7 Å². The molecule has 3 nitrogen and oxygen atoms in total. The molecule has 0 fully saturated rings. The van der Waals surface area contributed by atoms with Gasteiger partial charge in [0.25, 0.3) is 0 Å². The van der Waals surface area contributed by atoms with Crippen LogP contribution in [0.4, 0.5) is 0 Å². The van der Waals surface area contributed by atoms with Crippen LogP contribution >= 0.6 is 63.7 Å². The van der Waals surface area contributed by atoms with Gasteiger partial charge in [-0.3, -0.25) is 0 Å². The van der Waals surface area contributed by atoms with Crippen LogP contribution in [0.15, 0.2) is 0 Å². The number of alkyl halides is 4. The third-order valence-corrected chi connectivity index (χ3v) is 14.9. The van der Waals surface area contributed by atoms with Crippen LogP contribution in [-0.4, -0.2) is 62.6 Å². The average Bonchev–Trinajstić information content (AvgIpc) is 2.84. The number of unbranched alkanes of at least 4 members (excludes halogenated alkanes) is 8. The Hall–Kier alpha value is 2.23. The summed E-state index contributed by atoms with van der Waals surface area (Å²) in [7, 11) is -3.84. The Morgan fingerprint density at radius 1 is 0.432 bits per heavy atom. The third kappa shape index (κ3) is 25.7. The van der Waals surface area contributed by atoms with Crippen LogP contribution in [-0.2, 0) is 13.6 Å². The molecule has 0 unspecified atom stereocenters. The van der Waals surface area contributed by atoms with E-state index in [1.54, 1.807) is 0 Å². The van der Waals surface area contributed by atoms with Crippen LogP contribution in [0.2, 0.25) is 26.2 Å². The molecule has 224 valence electrons. The fourth-order valence-electron chi connectivity index (χ4n) is 4.64. The summed E-state index contributed by atoms with van der Waals surface area (Å²) in [4.78, 5) is 0. The van der Waals surface area contributed by atoms with Crippen LogP contribution in [0.5, 0.6) is 0 Å². The van der Waals surface area contributed by atoms with Gasteiger partial charge in [0.05, 0.1) is 24.7 Å². The molecule has 37 heavy (non-hydrogen) atoms. The van der Waals surface area contributed by atoms with Crippen molar-refractivity contribution in [2.24, 2.45) is 0 Å². The SMILES string of the molecule is C[Si](C)(COC(CCCCCBr)CCCCCBr)O[Si](C)(C)COC(CCCCCBr)CCCCCBr. The van der Waals surface area contributed by atoms with Gasteiger partial charge in [-0.25, -0.2) is 0 Å². The molecule has 0 aliphatic rings. The van der Waals surface area contributed by atoms with E-state index in [2.05, 4.69) is 89.9 Å². The number of hydrogen-bond donors (Lipinski definition) is 0. The zero-order chi connectivity index (χ0) is 27.8. The zero-order valence-electron chi connectivity index (χ0n) is 24.4. The predicted molar refractivity (Wildman–Crippen MR) is 185 cm³/mol. The van der Waals surface area contributed by atoms with Crippen molar-refractivity contribution in [2.45, 2.75) is 141 Å². The fourth-order valence-corrected chi connectivity index (χ4v) is 14.0. The first-order chi connectivity index (χ1) is 17.7. The van der Waals surface area contributed by atoms with E-state index in [4.69, 9.17) is 13.6 Å². The first-order valence-corrected chi connectivity index (χ1v) is 25.6. The van der Waals surface area contributed by atoms with Gasteiger partial charge in [-0.1, -0.05) is 115 Å². The van der Waals surface area contributed by atoms with Gasteiger partial charge in [-0.05, 0) is 77.6 Å². The summed E-state index contributed by atoms with van der Waals surface area (Å²) in [6.45, 7) is 9.36. The number of hydrogen-bond acceptors (Lipinski definition) is 3. The molecule has 0 bridgehead atoms. The Balaban J connectivity index is 4.73. The second kappa shape index (κ2) is 25.9. The third-order valence-electron chi connectivity index (χ3n) is 6.52. The molecule has 0 spiro atoms. The van der Waals surface area contributed by atoms with Gasteiger partial charge < -0.3 is 13.6 Å². The minimum atomic E-state index is -1.92. The molecule has 9 heteroatoms. The molecule has 0 radical (unpaired) electrons. The van der Waals surface area contributed by atoms with Crippen molar-refractivity contribution in [2.75, 3.05) is 33.8 Å². The standard InChI is InChI=1S/C28H58Br4O3Si2/c1-36(2,25-33-27(17-9-5-13-21-29)18-10-6-14-22-30)35-37(3,4)26-34-28(19-11-7-15-23-31)20-12-8-16-24-32/h27-28H,5-26H2,1-4H3. The van der Waals surface area contributed by atoms with E-state index in [1.165, 1.54) is 103 Å². The summed E-state index contributed by atoms with van der Waals surface area (Å²) >= 11 is 14.2. The molecule has 0 aromatic heterocycles. The van der Waals surface area contributed by atoms with E-state index in [9.17, 15) is 0 Å². The highest BCUT2D eigenvalue weighted by Gasteiger charge is 2.35. The van der Waals surface area contributed by atoms with Crippen LogP contribution in [0, 0.1) is 0 Å². The zero-order valence-corrected chi connectivity index (χ0v) is 32.8. The van der Waals surface area contributed by atoms with Crippen molar-refractivity contribution >= 4 is 80.4 Å². The molecule has 0 aliphatic heterocycles. The highest BCUT2D eigenvalue weighted by atomic mass is 79.9. The maximum atomic E-state index is 6.90. The van der Waals surface area contributed by atoms with Gasteiger partial charge in [-0.15, -0.1) is 0 Å². The first-order valence-electron chi connectivity index (χ1n) is 14.9. The second-order valence-corrected chi connectivity index (χ2v) is 23.2. The molecule has 0 N–H and O–H groups in total. The van der Waals surface area contributed by atoms with Crippen molar-refractivity contribution in [3.05, 3.63) is 0 Å². The fraction of sp³-hybridized carbons (Fsp3) is 1.00. The van der Waals surface area contributed by atoms with Gasteiger partial charge in [0.15, 0.2) is 16.6 Å². The maximum Gasteiger partial charge on any atom is 0.199 e. The normalized spacial score (nSPS) is 12.8. The minimum Gasteiger partial charge on any atom is -0.453 e. The summed E-state index contributed by atoms with van der Waals surface area (Å²) in [6, 6.07) is 0. The van der Waals surface area contributed by atoms with Gasteiger partial charge >= 0.3 is 0 Å². The summed E-state index contributed by atoms with van der Waals surface area (Å²) in [5.41, 5.74) is 0.